The first-order valence-corrected chi connectivity index (χ1v) is 18.6. The quantitative estimate of drug-likeness (QED) is 0.168. The van der Waals surface area contributed by atoms with E-state index < -0.39 is 0 Å². The molecule has 2 aromatic rings. The van der Waals surface area contributed by atoms with Crippen molar-refractivity contribution in [3.63, 3.8) is 0 Å². The molecule has 2 rings (SSSR count). The Morgan fingerprint density at radius 3 is 1.33 bits per heavy atom. The summed E-state index contributed by atoms with van der Waals surface area (Å²) < 4.78 is 0. The maximum absolute atomic E-state index is 2.97. The number of hydrogen-bond acceptors (Lipinski definition) is 0. The summed E-state index contributed by atoms with van der Waals surface area (Å²) in [5.41, 5.74) is 12.4. The summed E-state index contributed by atoms with van der Waals surface area (Å²) in [6, 6.07) is 10.3. The average Bonchev–Trinajstić information content (AvgIpc) is 2.82. The highest BCUT2D eigenvalue weighted by atomic mass is 31.1. The number of benzene rings is 2. The Morgan fingerprint density at radius 2 is 0.944 bits per heavy atom. The highest BCUT2D eigenvalue weighted by Gasteiger charge is 2.26. The minimum absolute atomic E-state index is 0.0989. The summed E-state index contributed by atoms with van der Waals surface area (Å²) in [5, 5.41) is 0. The first-order chi connectivity index (χ1) is 17.0. The first-order valence-electron chi connectivity index (χ1n) is 14.1. The Bertz CT molecular complexity index is 964. The van der Waals surface area contributed by atoms with Crippen LogP contribution in [0.5, 0.6) is 0 Å². The molecule has 36 heavy (non-hydrogen) atoms. The van der Waals surface area contributed by atoms with E-state index in [-0.39, 0.29) is 10.8 Å². The molecule has 202 valence electrons. The van der Waals surface area contributed by atoms with Crippen LogP contribution in [0.15, 0.2) is 24.3 Å². The molecule has 0 amide bonds. The second-order valence-electron chi connectivity index (χ2n) is 12.3. The molecule has 4 unspecified atom stereocenters. The summed E-state index contributed by atoms with van der Waals surface area (Å²) in [4.78, 5) is 0. The molecule has 0 fully saturated rings. The van der Waals surface area contributed by atoms with E-state index in [1.165, 1.54) is 83.7 Å². The van der Waals surface area contributed by atoms with Crippen LogP contribution in [0.1, 0.15) is 114 Å². The second kappa shape index (κ2) is 15.1. The lowest BCUT2D eigenvalue weighted by atomic mass is 9.75. The van der Waals surface area contributed by atoms with Crippen LogP contribution in [-0.4, -0.2) is 12.3 Å². The van der Waals surface area contributed by atoms with Gasteiger partial charge in [-0.25, -0.2) is 0 Å². The van der Waals surface area contributed by atoms with Crippen molar-refractivity contribution in [2.75, 3.05) is 12.3 Å². The van der Waals surface area contributed by atoms with E-state index in [0.717, 1.165) is 29.5 Å². The van der Waals surface area contributed by atoms with Crippen molar-refractivity contribution in [2.24, 2.45) is 0 Å². The topological polar surface area (TPSA) is 0 Å². The fourth-order valence-electron chi connectivity index (χ4n) is 4.82. The molecule has 0 aliphatic heterocycles. The molecule has 0 aliphatic rings. The van der Waals surface area contributed by atoms with Crippen molar-refractivity contribution >= 4 is 35.6 Å². The molecule has 0 radical (unpaired) electrons. The average molecular weight is 563 g/mol. The van der Waals surface area contributed by atoms with Crippen molar-refractivity contribution in [2.45, 2.75) is 117 Å². The third kappa shape index (κ3) is 9.12. The Labute approximate surface area is 232 Å². The maximum atomic E-state index is 2.97. The first kappa shape index (κ1) is 32.4. The van der Waals surface area contributed by atoms with Crippen LogP contribution in [0, 0.1) is 0 Å². The van der Waals surface area contributed by atoms with Crippen LogP contribution < -0.4 is 0 Å². The molecule has 0 heterocycles. The van der Waals surface area contributed by atoms with Crippen molar-refractivity contribution in [3.05, 3.63) is 57.6 Å². The smallest absolute Gasteiger partial charge is 0.00975 e. The lowest BCUT2D eigenvalue weighted by Crippen LogP contribution is -2.18. The summed E-state index contributed by atoms with van der Waals surface area (Å²) in [6.07, 6.45) is 12.6. The van der Waals surface area contributed by atoms with Gasteiger partial charge in [-0.15, -0.1) is 35.6 Å². The zero-order valence-electron chi connectivity index (χ0n) is 24.5. The highest BCUT2D eigenvalue weighted by Crippen LogP contribution is 2.43. The molecule has 0 spiro atoms. The minimum atomic E-state index is 0.0989. The van der Waals surface area contributed by atoms with Gasteiger partial charge in [0.2, 0.25) is 0 Å². The highest BCUT2D eigenvalue weighted by molar-refractivity contribution is 7.37. The van der Waals surface area contributed by atoms with Gasteiger partial charge in [0.05, 0.1) is 0 Å². The fourth-order valence-corrected chi connectivity index (χ4v) is 8.34. The Balaban J connectivity index is 2.76. The van der Waals surface area contributed by atoms with E-state index in [9.17, 15) is 0 Å². The van der Waals surface area contributed by atoms with Crippen LogP contribution in [0.25, 0.3) is 11.1 Å². The molecule has 0 aromatic heterocycles. The van der Waals surface area contributed by atoms with Gasteiger partial charge in [-0.1, -0.05) is 92.5 Å². The summed E-state index contributed by atoms with van der Waals surface area (Å²) >= 11 is 0. The van der Waals surface area contributed by atoms with Crippen LogP contribution in [0.4, 0.5) is 0 Å². The van der Waals surface area contributed by atoms with E-state index >= 15 is 0 Å². The molecule has 0 nitrogen and oxygen atoms in total. The van der Waals surface area contributed by atoms with Gasteiger partial charge >= 0.3 is 0 Å². The summed E-state index contributed by atoms with van der Waals surface area (Å²) in [5.74, 6) is 0. The number of unbranched alkanes of at least 4 members (excludes halogenated alkanes) is 2. The van der Waals surface area contributed by atoms with Gasteiger partial charge in [-0.2, -0.15) is 0 Å². The largest absolute Gasteiger partial charge is 0.133 e. The third-order valence-corrected chi connectivity index (χ3v) is 10.6. The van der Waals surface area contributed by atoms with Crippen molar-refractivity contribution in [1.29, 1.82) is 0 Å². The van der Waals surface area contributed by atoms with Gasteiger partial charge in [-0.05, 0) is 105 Å². The Kier molecular flexibility index (Phi) is 13.6. The van der Waals surface area contributed by atoms with Gasteiger partial charge in [0.25, 0.3) is 0 Å². The van der Waals surface area contributed by atoms with Crippen molar-refractivity contribution < 1.29 is 0 Å². The zero-order valence-corrected chi connectivity index (χ0v) is 28.8. The number of hydrogen-bond donors (Lipinski definition) is 0. The second-order valence-corrected chi connectivity index (χ2v) is 15.8. The summed E-state index contributed by atoms with van der Waals surface area (Å²) in [7, 11) is 8.00. The Morgan fingerprint density at radius 1 is 0.583 bits per heavy atom. The molecule has 0 bridgehead atoms. The minimum Gasteiger partial charge on any atom is -0.133 e. The molecular weight excluding hydrogens is 508 g/mol. The van der Waals surface area contributed by atoms with Gasteiger partial charge in [0.15, 0.2) is 0 Å². The third-order valence-electron chi connectivity index (χ3n) is 7.07. The predicted molar refractivity (Wildman–Crippen MR) is 180 cm³/mol. The van der Waals surface area contributed by atoms with E-state index in [1.54, 1.807) is 11.1 Å². The predicted octanol–water partition coefficient (Wildman–Crippen LogP) is 10.7. The lowest BCUT2D eigenvalue weighted by molar-refractivity contribution is 0.584. The van der Waals surface area contributed by atoms with E-state index in [4.69, 9.17) is 0 Å². The van der Waals surface area contributed by atoms with E-state index in [1.807, 2.05) is 0 Å². The van der Waals surface area contributed by atoms with Gasteiger partial charge < -0.3 is 0 Å². The van der Waals surface area contributed by atoms with Gasteiger partial charge in [0.1, 0.15) is 0 Å². The fraction of sp³-hybridized carbons (Fsp3) is 0.625. The van der Waals surface area contributed by atoms with Crippen LogP contribution in [0.2, 0.25) is 0 Å². The molecule has 4 heteroatoms. The lowest BCUT2D eigenvalue weighted by Gasteiger charge is -2.31. The molecule has 4 atom stereocenters. The van der Waals surface area contributed by atoms with E-state index in [2.05, 4.69) is 98.1 Å². The molecular formula is C32H54P4. The van der Waals surface area contributed by atoms with Crippen molar-refractivity contribution in [1.82, 2.24) is 0 Å². The maximum Gasteiger partial charge on any atom is -0.00975 e. The van der Waals surface area contributed by atoms with Crippen LogP contribution >= 0.6 is 35.6 Å². The Hall–Kier alpha value is 0.160. The van der Waals surface area contributed by atoms with Gasteiger partial charge in [0, 0.05) is 0 Å². The number of rotatable bonds is 13. The van der Waals surface area contributed by atoms with Gasteiger partial charge in [-0.3, -0.25) is 0 Å². The monoisotopic (exact) mass is 562 g/mol. The zero-order chi connectivity index (χ0) is 26.9. The molecule has 0 aliphatic carbocycles. The van der Waals surface area contributed by atoms with Crippen LogP contribution in [0.3, 0.4) is 0 Å². The summed E-state index contributed by atoms with van der Waals surface area (Å²) in [6.45, 7) is 19.0. The molecule has 0 saturated heterocycles. The molecule has 0 N–H and O–H groups in total. The molecule has 0 saturated carbocycles. The van der Waals surface area contributed by atoms with E-state index in [0.29, 0.717) is 0 Å². The normalized spacial score (nSPS) is 13.1. The standard InChI is InChI=1S/C32H54P4/c1-9-11-13-35-21-25-16-28(30(32(6,7)8)18-26(25)22-36-14-12-10-2)27-15-23(19-33)24(20-34)17-29(27)31(3,4)5/h15-18,35-36H,9-14,19-22,33-34H2,1-8H3. The SMILES string of the molecule is CCCCPCc1cc(-c2cc(CP)c(CP)cc2C(C)(C)C)c(C(C)(C)C)cc1CPCCCC. The van der Waals surface area contributed by atoms with Crippen LogP contribution in [-0.2, 0) is 35.5 Å². The molecule has 2 aromatic carbocycles. The van der Waals surface area contributed by atoms with Crippen molar-refractivity contribution in [3.8, 4) is 11.1 Å².